The molecular weight excluding hydrogens is 186 g/mol. The fraction of sp³-hybridized carbons (Fsp3) is 0.667. The van der Waals surface area contributed by atoms with Gasteiger partial charge in [0, 0.05) is 11.6 Å². The molecule has 0 aliphatic heterocycles. The lowest BCUT2D eigenvalue weighted by molar-refractivity contribution is 0.392. The summed E-state index contributed by atoms with van der Waals surface area (Å²) in [5.41, 5.74) is 6.84. The normalized spacial score (nSPS) is 14.9. The minimum absolute atomic E-state index is 0.146. The Hall–Kier alpha value is -1.12. The van der Waals surface area contributed by atoms with E-state index in [9.17, 15) is 0 Å². The van der Waals surface area contributed by atoms with Gasteiger partial charge in [0.2, 0.25) is 5.95 Å². The Balaban J connectivity index is 2.89. The standard InChI is InChI=1S/C12H21N3/c1-4-6-8-12(3,5-2)10-7-9-14-11(13)15-10/h7,9H,4-6,8H2,1-3H3,(H2,13,14,15). The molecule has 0 saturated carbocycles. The predicted octanol–water partition coefficient (Wildman–Crippen LogP) is 2.92. The molecule has 84 valence electrons. The molecule has 2 N–H and O–H groups in total. The van der Waals surface area contributed by atoms with Crippen molar-refractivity contribution in [3.8, 4) is 0 Å². The molecule has 3 nitrogen and oxygen atoms in total. The first-order valence-electron chi connectivity index (χ1n) is 5.71. The number of nitrogen functional groups attached to an aromatic ring is 1. The summed E-state index contributed by atoms with van der Waals surface area (Å²) in [4.78, 5) is 8.27. The highest BCUT2D eigenvalue weighted by atomic mass is 15.0. The quantitative estimate of drug-likeness (QED) is 0.807. The van der Waals surface area contributed by atoms with E-state index in [4.69, 9.17) is 5.73 Å². The molecule has 0 fully saturated rings. The lowest BCUT2D eigenvalue weighted by Gasteiger charge is -2.27. The van der Waals surface area contributed by atoms with Crippen molar-refractivity contribution in [3.63, 3.8) is 0 Å². The summed E-state index contributed by atoms with van der Waals surface area (Å²) >= 11 is 0. The number of hydrogen-bond donors (Lipinski definition) is 1. The van der Waals surface area contributed by atoms with Gasteiger partial charge in [-0.25, -0.2) is 9.97 Å². The van der Waals surface area contributed by atoms with Gasteiger partial charge in [-0.05, 0) is 18.9 Å². The summed E-state index contributed by atoms with van der Waals surface area (Å²) < 4.78 is 0. The second kappa shape index (κ2) is 5.10. The van der Waals surface area contributed by atoms with Crippen molar-refractivity contribution in [2.24, 2.45) is 0 Å². The lowest BCUT2D eigenvalue weighted by atomic mass is 9.79. The Bertz CT molecular complexity index is 311. The van der Waals surface area contributed by atoms with Crippen LogP contribution in [0, 0.1) is 0 Å². The zero-order valence-corrected chi connectivity index (χ0v) is 9.95. The zero-order valence-electron chi connectivity index (χ0n) is 9.95. The number of aromatic nitrogens is 2. The summed E-state index contributed by atoms with van der Waals surface area (Å²) in [6, 6.07) is 1.98. The van der Waals surface area contributed by atoms with Gasteiger partial charge in [-0.2, -0.15) is 0 Å². The van der Waals surface area contributed by atoms with E-state index in [1.165, 1.54) is 12.8 Å². The zero-order chi connectivity index (χ0) is 11.3. The molecule has 0 spiro atoms. The van der Waals surface area contributed by atoms with Gasteiger partial charge in [0.05, 0.1) is 5.69 Å². The van der Waals surface area contributed by atoms with Crippen LogP contribution in [0.15, 0.2) is 12.3 Å². The molecular formula is C12H21N3. The number of rotatable bonds is 5. The molecule has 0 amide bonds. The second-order valence-electron chi connectivity index (χ2n) is 4.32. The van der Waals surface area contributed by atoms with E-state index >= 15 is 0 Å². The van der Waals surface area contributed by atoms with E-state index in [1.54, 1.807) is 6.20 Å². The van der Waals surface area contributed by atoms with Crippen LogP contribution in [0.3, 0.4) is 0 Å². The van der Waals surface area contributed by atoms with Gasteiger partial charge in [-0.1, -0.05) is 33.6 Å². The smallest absolute Gasteiger partial charge is 0.220 e. The maximum absolute atomic E-state index is 5.62. The molecule has 1 atom stereocenters. The molecule has 1 aromatic rings. The maximum atomic E-state index is 5.62. The first-order chi connectivity index (χ1) is 7.12. The highest BCUT2D eigenvalue weighted by molar-refractivity contribution is 5.22. The highest BCUT2D eigenvalue weighted by Gasteiger charge is 2.25. The maximum Gasteiger partial charge on any atom is 0.220 e. The molecule has 0 aliphatic carbocycles. The first-order valence-corrected chi connectivity index (χ1v) is 5.71. The Morgan fingerprint density at radius 3 is 2.67 bits per heavy atom. The Labute approximate surface area is 92.1 Å². The number of nitrogens with two attached hydrogens (primary N) is 1. The molecule has 15 heavy (non-hydrogen) atoms. The molecule has 1 heterocycles. The van der Waals surface area contributed by atoms with Crippen molar-refractivity contribution in [3.05, 3.63) is 18.0 Å². The van der Waals surface area contributed by atoms with Crippen LogP contribution in [0.25, 0.3) is 0 Å². The fourth-order valence-electron chi connectivity index (χ4n) is 1.76. The summed E-state index contributed by atoms with van der Waals surface area (Å²) in [5.74, 6) is 0.378. The Kier molecular flexibility index (Phi) is 4.06. The van der Waals surface area contributed by atoms with E-state index < -0.39 is 0 Å². The molecule has 0 saturated heterocycles. The van der Waals surface area contributed by atoms with Crippen molar-refractivity contribution in [2.45, 2.75) is 51.9 Å². The minimum Gasteiger partial charge on any atom is -0.368 e. The van der Waals surface area contributed by atoms with Crippen LogP contribution in [-0.2, 0) is 5.41 Å². The lowest BCUT2D eigenvalue weighted by Crippen LogP contribution is -2.23. The predicted molar refractivity (Wildman–Crippen MR) is 63.6 cm³/mol. The third-order valence-electron chi connectivity index (χ3n) is 3.16. The SMILES string of the molecule is CCCCC(C)(CC)c1ccnc(N)n1. The number of unbranched alkanes of at least 4 members (excludes halogenated alkanes) is 1. The number of nitrogens with zero attached hydrogens (tertiary/aromatic N) is 2. The molecule has 0 aromatic carbocycles. The molecule has 1 unspecified atom stereocenters. The van der Waals surface area contributed by atoms with Crippen LogP contribution in [-0.4, -0.2) is 9.97 Å². The van der Waals surface area contributed by atoms with Crippen LogP contribution < -0.4 is 5.73 Å². The Morgan fingerprint density at radius 1 is 1.40 bits per heavy atom. The fourth-order valence-corrected chi connectivity index (χ4v) is 1.76. The third-order valence-corrected chi connectivity index (χ3v) is 3.16. The van der Waals surface area contributed by atoms with Gasteiger partial charge in [-0.3, -0.25) is 0 Å². The van der Waals surface area contributed by atoms with Crippen molar-refractivity contribution >= 4 is 5.95 Å². The summed E-state index contributed by atoms with van der Waals surface area (Å²) in [7, 11) is 0. The van der Waals surface area contributed by atoms with Crippen LogP contribution in [0.4, 0.5) is 5.95 Å². The number of hydrogen-bond acceptors (Lipinski definition) is 3. The molecule has 1 rings (SSSR count). The largest absolute Gasteiger partial charge is 0.368 e. The van der Waals surface area contributed by atoms with Gasteiger partial charge < -0.3 is 5.73 Å². The second-order valence-corrected chi connectivity index (χ2v) is 4.32. The first kappa shape index (κ1) is 12.0. The number of anilines is 1. The van der Waals surface area contributed by atoms with Crippen molar-refractivity contribution in [1.82, 2.24) is 9.97 Å². The van der Waals surface area contributed by atoms with Crippen molar-refractivity contribution in [1.29, 1.82) is 0 Å². The molecule has 0 bridgehead atoms. The van der Waals surface area contributed by atoms with E-state index in [2.05, 4.69) is 30.7 Å². The van der Waals surface area contributed by atoms with E-state index in [0.717, 1.165) is 18.5 Å². The average Bonchev–Trinajstić information content (AvgIpc) is 2.26. The van der Waals surface area contributed by atoms with E-state index in [-0.39, 0.29) is 5.41 Å². The monoisotopic (exact) mass is 207 g/mol. The van der Waals surface area contributed by atoms with Gasteiger partial charge in [0.15, 0.2) is 0 Å². The van der Waals surface area contributed by atoms with Crippen LogP contribution in [0.1, 0.15) is 52.1 Å². The van der Waals surface area contributed by atoms with Gasteiger partial charge in [-0.15, -0.1) is 0 Å². The summed E-state index contributed by atoms with van der Waals surface area (Å²) in [6.45, 7) is 6.67. The van der Waals surface area contributed by atoms with Gasteiger partial charge in [0.25, 0.3) is 0 Å². The summed E-state index contributed by atoms with van der Waals surface area (Å²) in [6.07, 6.45) is 6.45. The molecule has 1 aromatic heterocycles. The Morgan fingerprint density at radius 2 is 2.13 bits per heavy atom. The topological polar surface area (TPSA) is 51.8 Å². The van der Waals surface area contributed by atoms with Gasteiger partial charge >= 0.3 is 0 Å². The van der Waals surface area contributed by atoms with Crippen LogP contribution >= 0.6 is 0 Å². The highest BCUT2D eigenvalue weighted by Crippen LogP contribution is 2.31. The third kappa shape index (κ3) is 2.91. The molecule has 0 radical (unpaired) electrons. The van der Waals surface area contributed by atoms with Gasteiger partial charge in [0.1, 0.15) is 0 Å². The molecule has 3 heteroatoms. The van der Waals surface area contributed by atoms with Crippen molar-refractivity contribution in [2.75, 3.05) is 5.73 Å². The molecule has 0 aliphatic rings. The van der Waals surface area contributed by atoms with Crippen molar-refractivity contribution < 1.29 is 0 Å². The van der Waals surface area contributed by atoms with Crippen LogP contribution in [0.2, 0.25) is 0 Å². The summed E-state index contributed by atoms with van der Waals surface area (Å²) in [5, 5.41) is 0. The average molecular weight is 207 g/mol. The minimum atomic E-state index is 0.146. The van der Waals surface area contributed by atoms with E-state index in [0.29, 0.717) is 5.95 Å². The van der Waals surface area contributed by atoms with Crippen LogP contribution in [0.5, 0.6) is 0 Å². The van der Waals surface area contributed by atoms with E-state index in [1.807, 2.05) is 6.07 Å².